The van der Waals surface area contributed by atoms with Crippen molar-refractivity contribution in [2.24, 2.45) is 0 Å². The van der Waals surface area contributed by atoms with E-state index in [1.807, 2.05) is 19.2 Å². The number of hydrogen-bond acceptors (Lipinski definition) is 5. The van der Waals surface area contributed by atoms with E-state index < -0.39 is 0 Å². The van der Waals surface area contributed by atoms with Crippen LogP contribution < -0.4 is 5.32 Å². The summed E-state index contributed by atoms with van der Waals surface area (Å²) >= 11 is 1.66. The van der Waals surface area contributed by atoms with Gasteiger partial charge in [-0.05, 0) is 47.7 Å². The molecule has 0 spiro atoms. The minimum absolute atomic E-state index is 0.111. The lowest BCUT2D eigenvalue weighted by Crippen LogP contribution is -2.12. The van der Waals surface area contributed by atoms with Gasteiger partial charge >= 0.3 is 0 Å². The van der Waals surface area contributed by atoms with Crippen LogP contribution in [0.4, 0.5) is 5.82 Å². The molecule has 4 nitrogen and oxygen atoms in total. The summed E-state index contributed by atoms with van der Waals surface area (Å²) in [5.41, 5.74) is 3.74. The van der Waals surface area contributed by atoms with Crippen LogP contribution in [0.3, 0.4) is 0 Å². The predicted molar refractivity (Wildman–Crippen MR) is 81.9 cm³/mol. The Labute approximate surface area is 123 Å². The monoisotopic (exact) mass is 286 g/mol. The Bertz CT molecular complexity index is 614. The Balaban J connectivity index is 2.35. The molecule has 0 fully saturated rings. The third-order valence-electron chi connectivity index (χ3n) is 3.35. The molecule has 0 aromatic carbocycles. The van der Waals surface area contributed by atoms with Crippen molar-refractivity contribution in [3.05, 3.63) is 39.2 Å². The first kappa shape index (κ1) is 14.5. The number of nitriles is 1. The Morgan fingerprint density at radius 1 is 1.35 bits per heavy atom. The minimum Gasteiger partial charge on any atom is -0.361 e. The van der Waals surface area contributed by atoms with Crippen molar-refractivity contribution < 1.29 is 0 Å². The van der Waals surface area contributed by atoms with E-state index >= 15 is 0 Å². The van der Waals surface area contributed by atoms with E-state index in [2.05, 4.69) is 40.0 Å². The smallest absolute Gasteiger partial charge is 0.167 e. The van der Waals surface area contributed by atoms with E-state index in [9.17, 15) is 5.26 Å². The second-order valence-electron chi connectivity index (χ2n) is 4.59. The average molecular weight is 286 g/mol. The maximum atomic E-state index is 9.44. The molecule has 2 aromatic rings. The third kappa shape index (κ3) is 2.81. The van der Waals surface area contributed by atoms with Crippen molar-refractivity contribution in [1.29, 1.82) is 5.26 Å². The van der Waals surface area contributed by atoms with Gasteiger partial charge in [-0.15, -0.1) is 5.10 Å². The molecule has 0 radical (unpaired) electrons. The van der Waals surface area contributed by atoms with Crippen molar-refractivity contribution >= 4 is 17.2 Å². The Morgan fingerprint density at radius 2 is 2.15 bits per heavy atom. The van der Waals surface area contributed by atoms with Gasteiger partial charge in [0, 0.05) is 0 Å². The van der Waals surface area contributed by atoms with E-state index in [1.165, 1.54) is 5.56 Å². The fraction of sp³-hybridized carbons (Fsp3) is 0.400. The van der Waals surface area contributed by atoms with Gasteiger partial charge in [0.05, 0.1) is 11.7 Å². The molecule has 2 rings (SSSR count). The SMILES string of the molecule is CCc1nnc(NC(C)c2ccsc2)c(C#N)c1CC. The molecule has 0 saturated carbocycles. The zero-order valence-electron chi connectivity index (χ0n) is 12.0. The van der Waals surface area contributed by atoms with Crippen LogP contribution in [0.2, 0.25) is 0 Å². The van der Waals surface area contributed by atoms with Gasteiger partial charge in [-0.25, -0.2) is 0 Å². The molecule has 104 valence electrons. The van der Waals surface area contributed by atoms with Gasteiger partial charge in [0.25, 0.3) is 0 Å². The summed E-state index contributed by atoms with van der Waals surface area (Å²) in [7, 11) is 0. The Kier molecular flexibility index (Phi) is 4.70. The van der Waals surface area contributed by atoms with Crippen LogP contribution >= 0.6 is 11.3 Å². The molecule has 0 aliphatic carbocycles. The fourth-order valence-electron chi connectivity index (χ4n) is 2.20. The summed E-state index contributed by atoms with van der Waals surface area (Å²) in [5.74, 6) is 0.584. The number of aromatic nitrogens is 2. The van der Waals surface area contributed by atoms with Crippen LogP contribution in [0.15, 0.2) is 16.8 Å². The highest BCUT2D eigenvalue weighted by atomic mass is 32.1. The van der Waals surface area contributed by atoms with Crippen molar-refractivity contribution in [1.82, 2.24) is 10.2 Å². The molecule has 2 heterocycles. The maximum absolute atomic E-state index is 9.44. The molecular formula is C15H18N4S. The molecule has 20 heavy (non-hydrogen) atoms. The second kappa shape index (κ2) is 6.49. The first-order valence-corrected chi connectivity index (χ1v) is 7.72. The molecule has 0 amide bonds. The average Bonchev–Trinajstić information content (AvgIpc) is 3.00. The van der Waals surface area contributed by atoms with Crippen LogP contribution in [0.25, 0.3) is 0 Å². The zero-order valence-corrected chi connectivity index (χ0v) is 12.8. The van der Waals surface area contributed by atoms with Crippen molar-refractivity contribution in [2.75, 3.05) is 5.32 Å². The molecule has 1 atom stereocenters. The number of nitrogens with zero attached hydrogens (tertiary/aromatic N) is 3. The van der Waals surface area contributed by atoms with Crippen molar-refractivity contribution in [2.45, 2.75) is 39.7 Å². The largest absolute Gasteiger partial charge is 0.361 e. The highest BCUT2D eigenvalue weighted by Crippen LogP contribution is 2.25. The molecule has 0 bridgehead atoms. The maximum Gasteiger partial charge on any atom is 0.167 e. The Hall–Kier alpha value is -1.93. The zero-order chi connectivity index (χ0) is 14.5. The van der Waals surface area contributed by atoms with E-state index in [-0.39, 0.29) is 6.04 Å². The first-order valence-electron chi connectivity index (χ1n) is 6.78. The van der Waals surface area contributed by atoms with E-state index in [1.54, 1.807) is 11.3 Å². The first-order chi connectivity index (χ1) is 9.71. The van der Waals surface area contributed by atoms with Crippen LogP contribution in [0.1, 0.15) is 49.2 Å². The fourth-order valence-corrected chi connectivity index (χ4v) is 2.96. The number of thiophene rings is 1. The molecule has 2 aromatic heterocycles. The summed E-state index contributed by atoms with van der Waals surface area (Å²) in [6, 6.07) is 4.46. The summed E-state index contributed by atoms with van der Waals surface area (Å²) in [6.07, 6.45) is 1.59. The molecule has 0 saturated heterocycles. The number of hydrogen-bond donors (Lipinski definition) is 1. The molecule has 1 N–H and O–H groups in total. The van der Waals surface area contributed by atoms with Gasteiger partial charge < -0.3 is 5.32 Å². The summed E-state index contributed by atoms with van der Waals surface area (Å²) in [5, 5.41) is 25.3. The lowest BCUT2D eigenvalue weighted by molar-refractivity contribution is 0.831. The molecule has 1 unspecified atom stereocenters. The lowest BCUT2D eigenvalue weighted by atomic mass is 10.0. The number of anilines is 1. The van der Waals surface area contributed by atoms with E-state index in [0.717, 1.165) is 24.1 Å². The standard InChI is InChI=1S/C15H18N4S/c1-4-12-13(8-16)15(19-18-14(12)5-2)17-10(3)11-6-7-20-9-11/h6-7,9-10H,4-5H2,1-3H3,(H,17,19). The van der Waals surface area contributed by atoms with E-state index in [4.69, 9.17) is 0 Å². The van der Waals surface area contributed by atoms with E-state index in [0.29, 0.717) is 11.4 Å². The second-order valence-corrected chi connectivity index (χ2v) is 5.37. The predicted octanol–water partition coefficient (Wildman–Crippen LogP) is 3.71. The van der Waals surface area contributed by atoms with Crippen LogP contribution in [0, 0.1) is 11.3 Å². The van der Waals surface area contributed by atoms with Crippen molar-refractivity contribution in [3.8, 4) is 6.07 Å². The molecule has 0 aliphatic rings. The van der Waals surface area contributed by atoms with Crippen LogP contribution in [-0.4, -0.2) is 10.2 Å². The number of rotatable bonds is 5. The molecular weight excluding hydrogens is 268 g/mol. The van der Waals surface area contributed by atoms with Crippen LogP contribution in [0.5, 0.6) is 0 Å². The quantitative estimate of drug-likeness (QED) is 0.910. The van der Waals surface area contributed by atoms with Gasteiger partial charge in [0.2, 0.25) is 0 Å². The van der Waals surface area contributed by atoms with Gasteiger partial charge in [-0.1, -0.05) is 13.8 Å². The number of nitrogens with one attached hydrogen (secondary N) is 1. The molecule has 5 heteroatoms. The lowest BCUT2D eigenvalue weighted by Gasteiger charge is -2.16. The van der Waals surface area contributed by atoms with Gasteiger partial charge in [0.15, 0.2) is 5.82 Å². The van der Waals surface area contributed by atoms with Gasteiger partial charge in [0.1, 0.15) is 11.6 Å². The molecule has 0 aliphatic heterocycles. The van der Waals surface area contributed by atoms with Crippen LogP contribution in [-0.2, 0) is 12.8 Å². The summed E-state index contributed by atoms with van der Waals surface area (Å²) in [6.45, 7) is 6.14. The minimum atomic E-state index is 0.111. The summed E-state index contributed by atoms with van der Waals surface area (Å²) < 4.78 is 0. The Morgan fingerprint density at radius 3 is 2.70 bits per heavy atom. The highest BCUT2D eigenvalue weighted by Gasteiger charge is 2.16. The summed E-state index contributed by atoms with van der Waals surface area (Å²) in [4.78, 5) is 0. The van der Waals surface area contributed by atoms with Crippen molar-refractivity contribution in [3.63, 3.8) is 0 Å². The normalized spacial score (nSPS) is 11.9. The number of aryl methyl sites for hydroxylation is 1. The third-order valence-corrected chi connectivity index (χ3v) is 4.06. The van der Waals surface area contributed by atoms with Gasteiger partial charge in [-0.2, -0.15) is 21.7 Å². The highest BCUT2D eigenvalue weighted by molar-refractivity contribution is 7.07. The topological polar surface area (TPSA) is 61.6 Å². The van der Waals surface area contributed by atoms with Gasteiger partial charge in [-0.3, -0.25) is 0 Å².